The number of nitrogens with one attached hydrogen (secondary N) is 1. The third kappa shape index (κ3) is 4.03. The second-order valence-corrected chi connectivity index (χ2v) is 5.06. The van der Waals surface area contributed by atoms with Gasteiger partial charge in [0.15, 0.2) is 0 Å². The van der Waals surface area contributed by atoms with Crippen LogP contribution < -0.4 is 5.32 Å². The normalized spacial score (nSPS) is 11.0. The summed E-state index contributed by atoms with van der Waals surface area (Å²) in [5.41, 5.74) is 0.885. The minimum absolute atomic E-state index is 0.184. The van der Waals surface area contributed by atoms with E-state index in [4.69, 9.17) is 0 Å². The van der Waals surface area contributed by atoms with Gasteiger partial charge in [-0.05, 0) is 29.8 Å². The molecule has 2 N–H and O–H groups in total. The van der Waals surface area contributed by atoms with Crippen LogP contribution in [0.3, 0.4) is 0 Å². The summed E-state index contributed by atoms with van der Waals surface area (Å²) in [6, 6.07) is 15.6. The molecule has 5 heteroatoms. The maximum atomic E-state index is 12.0. The summed E-state index contributed by atoms with van der Waals surface area (Å²) in [5, 5.41) is 11.6. The predicted molar refractivity (Wildman–Crippen MR) is 83.7 cm³/mol. The molecule has 0 aliphatic carbocycles. The van der Waals surface area contributed by atoms with Gasteiger partial charge < -0.3 is 10.4 Å². The van der Waals surface area contributed by atoms with Crippen LogP contribution in [0.15, 0.2) is 64.8 Å². The molecule has 0 saturated heterocycles. The Kier molecular flexibility index (Phi) is 4.90. The Balaban J connectivity index is 2.27. The van der Waals surface area contributed by atoms with Gasteiger partial charge in [0.05, 0.1) is 0 Å². The van der Waals surface area contributed by atoms with E-state index in [0.29, 0.717) is 11.1 Å². The zero-order valence-electron chi connectivity index (χ0n) is 10.9. The third-order valence-electron chi connectivity index (χ3n) is 2.72. The molecule has 2 aromatic carbocycles. The van der Waals surface area contributed by atoms with Crippen molar-refractivity contribution in [2.45, 2.75) is 0 Å². The Labute approximate surface area is 130 Å². The maximum absolute atomic E-state index is 12.0. The van der Waals surface area contributed by atoms with Gasteiger partial charge in [0.1, 0.15) is 5.70 Å². The third-order valence-corrected chi connectivity index (χ3v) is 3.44. The molecular weight excluding hydrogens is 334 g/mol. The highest BCUT2D eigenvalue weighted by Crippen LogP contribution is 2.18. The minimum Gasteiger partial charge on any atom is -0.477 e. The van der Waals surface area contributed by atoms with Crippen LogP contribution in [0.5, 0.6) is 0 Å². The standard InChI is InChI=1S/C16H12BrNO3/c17-13-9-5-4-8-12(13)10-14(16(20)21)18-15(19)11-6-2-1-3-7-11/h1-10H,(H,18,19)(H,20,21). The van der Waals surface area contributed by atoms with Gasteiger partial charge in [-0.3, -0.25) is 4.79 Å². The number of carbonyl (C=O) groups excluding carboxylic acids is 1. The van der Waals surface area contributed by atoms with E-state index in [1.807, 2.05) is 6.07 Å². The highest BCUT2D eigenvalue weighted by atomic mass is 79.9. The first-order valence-corrected chi connectivity index (χ1v) is 6.93. The summed E-state index contributed by atoms with van der Waals surface area (Å²) in [5.74, 6) is -1.66. The summed E-state index contributed by atoms with van der Waals surface area (Å²) in [7, 11) is 0. The number of hydrogen-bond acceptors (Lipinski definition) is 2. The van der Waals surface area contributed by atoms with Crippen LogP contribution in [0, 0.1) is 0 Å². The fraction of sp³-hybridized carbons (Fsp3) is 0. The van der Waals surface area contributed by atoms with Gasteiger partial charge in [-0.1, -0.05) is 52.3 Å². The lowest BCUT2D eigenvalue weighted by Crippen LogP contribution is -2.27. The molecule has 0 aliphatic rings. The number of carboxylic acid groups (broad SMARTS) is 1. The van der Waals surface area contributed by atoms with Crippen molar-refractivity contribution in [3.8, 4) is 0 Å². The second-order valence-electron chi connectivity index (χ2n) is 4.20. The minimum atomic E-state index is -1.20. The molecule has 0 fully saturated rings. The number of aliphatic carboxylic acids is 1. The van der Waals surface area contributed by atoms with Gasteiger partial charge in [-0.25, -0.2) is 4.79 Å². The molecule has 2 aromatic rings. The van der Waals surface area contributed by atoms with Crippen LogP contribution in [0.4, 0.5) is 0 Å². The van der Waals surface area contributed by atoms with Crippen molar-refractivity contribution in [1.82, 2.24) is 5.32 Å². The second kappa shape index (κ2) is 6.85. The lowest BCUT2D eigenvalue weighted by atomic mass is 10.1. The molecule has 0 atom stereocenters. The first kappa shape index (κ1) is 15.0. The predicted octanol–water partition coefficient (Wildman–Crippen LogP) is 3.30. The zero-order valence-corrected chi connectivity index (χ0v) is 12.5. The van der Waals surface area contributed by atoms with Crippen molar-refractivity contribution in [1.29, 1.82) is 0 Å². The van der Waals surface area contributed by atoms with Crippen molar-refractivity contribution < 1.29 is 14.7 Å². The topological polar surface area (TPSA) is 66.4 Å². The van der Waals surface area contributed by atoms with Crippen molar-refractivity contribution in [3.63, 3.8) is 0 Å². The van der Waals surface area contributed by atoms with Crippen molar-refractivity contribution >= 4 is 33.9 Å². The highest BCUT2D eigenvalue weighted by Gasteiger charge is 2.13. The maximum Gasteiger partial charge on any atom is 0.352 e. The van der Waals surface area contributed by atoms with Crippen LogP contribution in [0.2, 0.25) is 0 Å². The zero-order chi connectivity index (χ0) is 15.2. The molecule has 0 heterocycles. The van der Waals surface area contributed by atoms with E-state index < -0.39 is 11.9 Å². The van der Waals surface area contributed by atoms with E-state index in [2.05, 4.69) is 21.2 Å². The summed E-state index contributed by atoms with van der Waals surface area (Å²) in [6.45, 7) is 0. The van der Waals surface area contributed by atoms with Crippen molar-refractivity contribution in [2.75, 3.05) is 0 Å². The molecule has 0 aliphatic heterocycles. The Morgan fingerprint density at radius 2 is 1.62 bits per heavy atom. The largest absolute Gasteiger partial charge is 0.477 e. The number of hydrogen-bond donors (Lipinski definition) is 2. The summed E-state index contributed by atoms with van der Waals surface area (Å²) in [6.07, 6.45) is 1.41. The lowest BCUT2D eigenvalue weighted by Gasteiger charge is -2.07. The molecule has 21 heavy (non-hydrogen) atoms. The average Bonchev–Trinajstić information content (AvgIpc) is 2.49. The van der Waals surface area contributed by atoms with E-state index in [1.54, 1.807) is 48.5 Å². The fourth-order valence-electron chi connectivity index (χ4n) is 1.68. The van der Waals surface area contributed by atoms with E-state index in [-0.39, 0.29) is 5.70 Å². The molecule has 2 rings (SSSR count). The molecule has 0 saturated carbocycles. The molecule has 4 nitrogen and oxygen atoms in total. The monoisotopic (exact) mass is 345 g/mol. The van der Waals surface area contributed by atoms with E-state index in [9.17, 15) is 14.7 Å². The summed E-state index contributed by atoms with van der Waals surface area (Å²) in [4.78, 5) is 23.3. The van der Waals surface area contributed by atoms with Crippen LogP contribution in [0.25, 0.3) is 6.08 Å². The molecule has 106 valence electrons. The molecule has 1 amide bonds. The number of carboxylic acids is 1. The number of rotatable bonds is 4. The van der Waals surface area contributed by atoms with Crippen LogP contribution >= 0.6 is 15.9 Å². The SMILES string of the molecule is O=C(O)C(=Cc1ccccc1Br)NC(=O)c1ccccc1. The number of halogens is 1. The van der Waals surface area contributed by atoms with Gasteiger partial charge in [0.25, 0.3) is 5.91 Å². The molecule has 0 spiro atoms. The molecule has 0 unspecified atom stereocenters. The van der Waals surface area contributed by atoms with Gasteiger partial charge in [0, 0.05) is 10.0 Å². The Hall–Kier alpha value is -2.40. The summed E-state index contributed by atoms with van der Waals surface area (Å²) >= 11 is 3.33. The quantitative estimate of drug-likeness (QED) is 0.835. The van der Waals surface area contributed by atoms with E-state index >= 15 is 0 Å². The van der Waals surface area contributed by atoms with Crippen LogP contribution in [-0.4, -0.2) is 17.0 Å². The Morgan fingerprint density at radius 1 is 1.00 bits per heavy atom. The lowest BCUT2D eigenvalue weighted by molar-refractivity contribution is -0.132. The first-order chi connectivity index (χ1) is 10.1. The summed E-state index contributed by atoms with van der Waals surface area (Å²) < 4.78 is 0.748. The van der Waals surface area contributed by atoms with Crippen molar-refractivity contribution in [3.05, 3.63) is 75.9 Å². The molecule has 0 radical (unpaired) electrons. The van der Waals surface area contributed by atoms with Gasteiger partial charge in [-0.15, -0.1) is 0 Å². The molecular formula is C16H12BrNO3. The Morgan fingerprint density at radius 3 is 2.24 bits per heavy atom. The van der Waals surface area contributed by atoms with Crippen molar-refractivity contribution in [2.24, 2.45) is 0 Å². The molecule has 0 bridgehead atoms. The smallest absolute Gasteiger partial charge is 0.352 e. The van der Waals surface area contributed by atoms with Crippen LogP contribution in [-0.2, 0) is 4.79 Å². The fourth-order valence-corrected chi connectivity index (χ4v) is 2.08. The number of benzene rings is 2. The van der Waals surface area contributed by atoms with E-state index in [0.717, 1.165) is 4.47 Å². The van der Waals surface area contributed by atoms with E-state index in [1.165, 1.54) is 6.08 Å². The van der Waals surface area contributed by atoms with Gasteiger partial charge in [-0.2, -0.15) is 0 Å². The van der Waals surface area contributed by atoms with Gasteiger partial charge >= 0.3 is 5.97 Å². The number of carbonyl (C=O) groups is 2. The van der Waals surface area contributed by atoms with Crippen LogP contribution in [0.1, 0.15) is 15.9 Å². The average molecular weight is 346 g/mol. The highest BCUT2D eigenvalue weighted by molar-refractivity contribution is 9.10. The number of amides is 1. The van der Waals surface area contributed by atoms with Gasteiger partial charge in [0.2, 0.25) is 0 Å². The first-order valence-electron chi connectivity index (χ1n) is 6.14. The Bertz CT molecular complexity index is 696. The molecule has 0 aromatic heterocycles.